The van der Waals surface area contributed by atoms with Crippen molar-refractivity contribution in [3.8, 4) is 0 Å². The van der Waals surface area contributed by atoms with Crippen molar-refractivity contribution in [2.45, 2.75) is 44.4 Å². The lowest BCUT2D eigenvalue weighted by Gasteiger charge is -2.31. The summed E-state index contributed by atoms with van der Waals surface area (Å²) in [6, 6.07) is 4.90. The molecule has 4 N–H and O–H groups in total. The van der Waals surface area contributed by atoms with Gasteiger partial charge in [0.25, 0.3) is 17.7 Å². The number of hydrogen-bond donors (Lipinski definition) is 3. The number of hydrogen-bond acceptors (Lipinski definition) is 6. The van der Waals surface area contributed by atoms with Crippen LogP contribution < -0.4 is 16.5 Å². The Balaban J connectivity index is 1.71. The molecule has 144 valence electrons. The molecule has 1 atom stereocenters. The standard InChI is InChI=1S/C19H24N4O4/c20-10-3-1-2-4-11-21-23-15(24)9-8-13(19(23)27)12-6-5-7-14-16(12)18(26)22-17(14)25/h5-7,13,21H,1-4,8-11,20H2,(H,22,25,26). The van der Waals surface area contributed by atoms with Gasteiger partial charge >= 0.3 is 0 Å². The Morgan fingerprint density at radius 1 is 1.07 bits per heavy atom. The Morgan fingerprint density at radius 3 is 2.63 bits per heavy atom. The van der Waals surface area contributed by atoms with Crippen molar-refractivity contribution >= 4 is 23.6 Å². The maximum Gasteiger partial charge on any atom is 0.259 e. The molecule has 1 saturated heterocycles. The number of benzene rings is 1. The van der Waals surface area contributed by atoms with Crippen LogP contribution in [-0.2, 0) is 9.59 Å². The predicted molar refractivity (Wildman–Crippen MR) is 97.6 cm³/mol. The van der Waals surface area contributed by atoms with Crippen molar-refractivity contribution in [1.29, 1.82) is 0 Å². The van der Waals surface area contributed by atoms with Crippen molar-refractivity contribution in [2.75, 3.05) is 13.1 Å². The van der Waals surface area contributed by atoms with Crippen molar-refractivity contribution in [2.24, 2.45) is 5.73 Å². The van der Waals surface area contributed by atoms with Crippen LogP contribution >= 0.6 is 0 Å². The molecule has 8 nitrogen and oxygen atoms in total. The SMILES string of the molecule is NCCCCCCNN1C(=O)CCC(c2cccc3c2C(=O)NC3=O)C1=O. The smallest absolute Gasteiger partial charge is 0.259 e. The minimum absolute atomic E-state index is 0.204. The van der Waals surface area contributed by atoms with E-state index >= 15 is 0 Å². The zero-order valence-electron chi connectivity index (χ0n) is 15.1. The molecule has 1 aromatic rings. The molecule has 0 saturated carbocycles. The van der Waals surface area contributed by atoms with Crippen LogP contribution in [0.1, 0.15) is 70.7 Å². The fourth-order valence-electron chi connectivity index (χ4n) is 3.59. The summed E-state index contributed by atoms with van der Waals surface area (Å²) in [6.45, 7) is 1.18. The van der Waals surface area contributed by atoms with Gasteiger partial charge in [-0.2, -0.15) is 0 Å². The first-order valence-corrected chi connectivity index (χ1v) is 9.33. The summed E-state index contributed by atoms with van der Waals surface area (Å²) in [4.78, 5) is 49.1. The van der Waals surface area contributed by atoms with Crippen LogP contribution in [0.3, 0.4) is 0 Å². The summed E-state index contributed by atoms with van der Waals surface area (Å²) in [5.74, 6) is -2.22. The highest BCUT2D eigenvalue weighted by Crippen LogP contribution is 2.33. The van der Waals surface area contributed by atoms with Crippen molar-refractivity contribution in [1.82, 2.24) is 15.8 Å². The number of nitrogens with two attached hydrogens (primary N) is 1. The molecule has 1 unspecified atom stereocenters. The van der Waals surface area contributed by atoms with Gasteiger partial charge in [-0.05, 0) is 37.4 Å². The van der Waals surface area contributed by atoms with E-state index in [1.165, 1.54) is 0 Å². The monoisotopic (exact) mass is 372 g/mol. The molecule has 2 aliphatic heterocycles. The second kappa shape index (κ2) is 8.41. The van der Waals surface area contributed by atoms with E-state index in [0.717, 1.165) is 30.7 Å². The fourth-order valence-corrected chi connectivity index (χ4v) is 3.59. The van der Waals surface area contributed by atoms with E-state index in [9.17, 15) is 19.2 Å². The van der Waals surface area contributed by atoms with Gasteiger partial charge in [-0.3, -0.25) is 24.5 Å². The van der Waals surface area contributed by atoms with Crippen LogP contribution in [0.4, 0.5) is 0 Å². The van der Waals surface area contributed by atoms with Gasteiger partial charge in [-0.25, -0.2) is 10.4 Å². The van der Waals surface area contributed by atoms with E-state index in [1.807, 2.05) is 0 Å². The number of hydrazine groups is 1. The van der Waals surface area contributed by atoms with Crippen LogP contribution in [0.15, 0.2) is 18.2 Å². The molecule has 0 radical (unpaired) electrons. The van der Waals surface area contributed by atoms with Gasteiger partial charge in [0.2, 0.25) is 5.91 Å². The first-order valence-electron chi connectivity index (χ1n) is 9.33. The highest BCUT2D eigenvalue weighted by Gasteiger charge is 2.39. The highest BCUT2D eigenvalue weighted by atomic mass is 16.2. The molecular formula is C19H24N4O4. The zero-order valence-corrected chi connectivity index (χ0v) is 15.1. The third-order valence-corrected chi connectivity index (χ3v) is 4.99. The van der Waals surface area contributed by atoms with E-state index in [2.05, 4.69) is 10.7 Å². The van der Waals surface area contributed by atoms with E-state index in [-0.39, 0.29) is 29.4 Å². The summed E-state index contributed by atoms with van der Waals surface area (Å²) >= 11 is 0. The van der Waals surface area contributed by atoms with Crippen molar-refractivity contribution in [3.63, 3.8) is 0 Å². The minimum atomic E-state index is -0.626. The van der Waals surface area contributed by atoms with Gasteiger partial charge in [-0.15, -0.1) is 0 Å². The number of carbonyl (C=O) groups excluding carboxylic acids is 4. The summed E-state index contributed by atoms with van der Waals surface area (Å²) in [6.07, 6.45) is 4.31. The quantitative estimate of drug-likeness (QED) is 0.459. The van der Waals surface area contributed by atoms with Gasteiger partial charge in [0, 0.05) is 13.0 Å². The Labute approximate surface area is 157 Å². The van der Waals surface area contributed by atoms with E-state index in [4.69, 9.17) is 5.73 Å². The van der Waals surface area contributed by atoms with Crippen LogP contribution in [0.25, 0.3) is 0 Å². The second-order valence-corrected chi connectivity index (χ2v) is 6.82. The summed E-state index contributed by atoms with van der Waals surface area (Å²) in [7, 11) is 0. The van der Waals surface area contributed by atoms with Gasteiger partial charge in [0.15, 0.2) is 0 Å². The van der Waals surface area contributed by atoms with Gasteiger partial charge in [0.1, 0.15) is 0 Å². The molecule has 0 aliphatic carbocycles. The lowest BCUT2D eigenvalue weighted by Crippen LogP contribution is -2.52. The normalized spacial score (nSPS) is 19.4. The zero-order chi connectivity index (χ0) is 19.4. The number of rotatable bonds is 8. The Morgan fingerprint density at radius 2 is 1.85 bits per heavy atom. The largest absolute Gasteiger partial charge is 0.330 e. The van der Waals surface area contributed by atoms with Gasteiger partial charge < -0.3 is 5.73 Å². The number of nitrogens with zero attached hydrogens (tertiary/aromatic N) is 1. The Bertz CT molecular complexity index is 777. The van der Waals surface area contributed by atoms with Crippen molar-refractivity contribution < 1.29 is 19.2 Å². The molecule has 1 fully saturated rings. The van der Waals surface area contributed by atoms with Crippen LogP contribution in [0.5, 0.6) is 0 Å². The average molecular weight is 372 g/mol. The molecule has 2 heterocycles. The van der Waals surface area contributed by atoms with E-state index < -0.39 is 17.7 Å². The Kier molecular flexibility index (Phi) is 5.98. The number of fused-ring (bicyclic) bond motifs is 1. The molecule has 0 spiro atoms. The fraction of sp³-hybridized carbons (Fsp3) is 0.474. The first kappa shape index (κ1) is 19.2. The van der Waals surface area contributed by atoms with Gasteiger partial charge in [0.05, 0.1) is 17.0 Å². The molecule has 27 heavy (non-hydrogen) atoms. The molecule has 0 aromatic heterocycles. The number of nitrogens with one attached hydrogen (secondary N) is 2. The third kappa shape index (κ3) is 3.91. The van der Waals surface area contributed by atoms with Crippen molar-refractivity contribution in [3.05, 3.63) is 34.9 Å². The number of piperidine rings is 1. The number of unbranched alkanes of at least 4 members (excludes halogenated alkanes) is 3. The van der Waals surface area contributed by atoms with Gasteiger partial charge in [-0.1, -0.05) is 25.0 Å². The molecule has 3 rings (SSSR count). The second-order valence-electron chi connectivity index (χ2n) is 6.82. The van der Waals surface area contributed by atoms with Crippen LogP contribution in [-0.4, -0.2) is 41.7 Å². The molecule has 0 bridgehead atoms. The highest BCUT2D eigenvalue weighted by molar-refractivity contribution is 6.22. The lowest BCUT2D eigenvalue weighted by molar-refractivity contribution is -0.153. The third-order valence-electron chi connectivity index (χ3n) is 4.99. The average Bonchev–Trinajstić information content (AvgIpc) is 2.95. The van der Waals surface area contributed by atoms with E-state index in [1.54, 1.807) is 18.2 Å². The Hall–Kier alpha value is -2.58. The first-order chi connectivity index (χ1) is 13.0. The number of carbonyl (C=O) groups is 4. The number of imide groups is 2. The maximum atomic E-state index is 12.9. The molecule has 2 aliphatic rings. The topological polar surface area (TPSA) is 122 Å². The molecular weight excluding hydrogens is 348 g/mol. The summed E-state index contributed by atoms with van der Waals surface area (Å²) < 4.78 is 0. The minimum Gasteiger partial charge on any atom is -0.330 e. The summed E-state index contributed by atoms with van der Waals surface area (Å²) in [5.41, 5.74) is 9.41. The van der Waals surface area contributed by atoms with Crippen LogP contribution in [0, 0.1) is 0 Å². The van der Waals surface area contributed by atoms with E-state index in [0.29, 0.717) is 25.1 Å². The molecule has 8 heteroatoms. The number of amides is 4. The predicted octanol–water partition coefficient (Wildman–Crippen LogP) is 0.826. The maximum absolute atomic E-state index is 12.9. The summed E-state index contributed by atoms with van der Waals surface area (Å²) in [5, 5.41) is 3.34. The lowest BCUT2D eigenvalue weighted by atomic mass is 9.86. The van der Waals surface area contributed by atoms with Crippen LogP contribution in [0.2, 0.25) is 0 Å². The molecule has 4 amide bonds. The molecule has 1 aromatic carbocycles.